The highest BCUT2D eigenvalue weighted by Crippen LogP contribution is 2.14. The SMILES string of the molecule is CCCCCC(C=N)Cc1ccccc1. The van der Waals surface area contributed by atoms with E-state index in [-0.39, 0.29) is 0 Å². The summed E-state index contributed by atoms with van der Waals surface area (Å²) in [5.41, 5.74) is 1.35. The zero-order valence-corrected chi connectivity index (χ0v) is 9.58. The van der Waals surface area contributed by atoms with Gasteiger partial charge in [-0.2, -0.15) is 0 Å². The zero-order chi connectivity index (χ0) is 10.9. The molecule has 1 N–H and O–H groups in total. The van der Waals surface area contributed by atoms with Crippen molar-refractivity contribution in [3.63, 3.8) is 0 Å². The van der Waals surface area contributed by atoms with Crippen LogP contribution >= 0.6 is 0 Å². The quantitative estimate of drug-likeness (QED) is 0.510. The maximum Gasteiger partial charge on any atom is -0.00134 e. The number of hydrogen-bond acceptors (Lipinski definition) is 1. The molecule has 1 atom stereocenters. The van der Waals surface area contributed by atoms with Crippen molar-refractivity contribution in [3.8, 4) is 0 Å². The van der Waals surface area contributed by atoms with Gasteiger partial charge in [-0.05, 0) is 30.5 Å². The van der Waals surface area contributed by atoms with E-state index in [2.05, 4.69) is 31.2 Å². The van der Waals surface area contributed by atoms with Gasteiger partial charge in [0.2, 0.25) is 0 Å². The van der Waals surface area contributed by atoms with E-state index in [4.69, 9.17) is 5.41 Å². The Morgan fingerprint density at radius 1 is 1.20 bits per heavy atom. The summed E-state index contributed by atoms with van der Waals surface area (Å²) in [6.45, 7) is 2.22. The second kappa shape index (κ2) is 7.22. The smallest absolute Gasteiger partial charge is 0.00134 e. The monoisotopic (exact) mass is 203 g/mol. The third kappa shape index (κ3) is 4.78. The lowest BCUT2D eigenvalue weighted by atomic mass is 9.95. The zero-order valence-electron chi connectivity index (χ0n) is 9.58. The fourth-order valence-electron chi connectivity index (χ4n) is 1.82. The molecule has 0 spiro atoms. The third-order valence-electron chi connectivity index (χ3n) is 2.75. The molecule has 0 amide bonds. The van der Waals surface area contributed by atoms with Crippen LogP contribution in [0.2, 0.25) is 0 Å². The van der Waals surface area contributed by atoms with Crippen LogP contribution in [-0.4, -0.2) is 6.21 Å². The fourth-order valence-corrected chi connectivity index (χ4v) is 1.82. The van der Waals surface area contributed by atoms with E-state index >= 15 is 0 Å². The molecule has 0 aromatic heterocycles. The highest BCUT2D eigenvalue weighted by atomic mass is 14.3. The lowest BCUT2D eigenvalue weighted by molar-refractivity contribution is 0.567. The van der Waals surface area contributed by atoms with Crippen LogP contribution in [0.15, 0.2) is 30.3 Å². The van der Waals surface area contributed by atoms with Crippen LogP contribution in [0.5, 0.6) is 0 Å². The van der Waals surface area contributed by atoms with Gasteiger partial charge in [0.1, 0.15) is 0 Å². The highest BCUT2D eigenvalue weighted by Gasteiger charge is 2.05. The molecule has 15 heavy (non-hydrogen) atoms. The minimum Gasteiger partial charge on any atom is -0.313 e. The van der Waals surface area contributed by atoms with E-state index in [1.807, 2.05) is 6.07 Å². The maximum atomic E-state index is 7.42. The Labute approximate surface area is 93.0 Å². The van der Waals surface area contributed by atoms with E-state index < -0.39 is 0 Å². The lowest BCUT2D eigenvalue weighted by Crippen LogP contribution is -2.05. The van der Waals surface area contributed by atoms with Crippen LogP contribution in [-0.2, 0) is 6.42 Å². The summed E-state index contributed by atoms with van der Waals surface area (Å²) >= 11 is 0. The lowest BCUT2D eigenvalue weighted by Gasteiger charge is -2.10. The molecule has 1 aromatic rings. The van der Waals surface area contributed by atoms with Gasteiger partial charge in [-0.1, -0.05) is 56.5 Å². The van der Waals surface area contributed by atoms with Crippen LogP contribution < -0.4 is 0 Å². The molecule has 0 aliphatic carbocycles. The molecular weight excluding hydrogens is 182 g/mol. The first-order valence-electron chi connectivity index (χ1n) is 5.91. The van der Waals surface area contributed by atoms with Gasteiger partial charge in [0.05, 0.1) is 0 Å². The first kappa shape index (κ1) is 12.0. The molecule has 0 fully saturated rings. The van der Waals surface area contributed by atoms with Gasteiger partial charge in [-0.3, -0.25) is 0 Å². The minimum atomic E-state index is 0.430. The van der Waals surface area contributed by atoms with E-state index in [0.717, 1.165) is 12.8 Å². The highest BCUT2D eigenvalue weighted by molar-refractivity contribution is 5.57. The largest absolute Gasteiger partial charge is 0.313 e. The van der Waals surface area contributed by atoms with Crippen molar-refractivity contribution in [2.75, 3.05) is 0 Å². The summed E-state index contributed by atoms with van der Waals surface area (Å²) in [6.07, 6.45) is 7.60. The average molecular weight is 203 g/mol. The van der Waals surface area contributed by atoms with E-state index in [1.54, 1.807) is 6.21 Å². The van der Waals surface area contributed by atoms with Crippen molar-refractivity contribution in [1.29, 1.82) is 5.41 Å². The van der Waals surface area contributed by atoms with Crippen LogP contribution in [0.4, 0.5) is 0 Å². The molecule has 0 aliphatic heterocycles. The first-order chi connectivity index (χ1) is 7.36. The Morgan fingerprint density at radius 3 is 2.53 bits per heavy atom. The molecule has 1 nitrogen and oxygen atoms in total. The van der Waals surface area contributed by atoms with Crippen molar-refractivity contribution in [3.05, 3.63) is 35.9 Å². The summed E-state index contributed by atoms with van der Waals surface area (Å²) in [7, 11) is 0. The topological polar surface area (TPSA) is 23.9 Å². The van der Waals surface area contributed by atoms with Crippen LogP contribution in [0, 0.1) is 11.3 Å². The summed E-state index contributed by atoms with van der Waals surface area (Å²) in [6, 6.07) is 10.5. The second-order valence-corrected chi connectivity index (χ2v) is 4.11. The molecule has 82 valence electrons. The third-order valence-corrected chi connectivity index (χ3v) is 2.75. The van der Waals surface area contributed by atoms with Crippen LogP contribution in [0.1, 0.15) is 38.2 Å². The predicted molar refractivity (Wildman–Crippen MR) is 66.6 cm³/mol. The Kier molecular flexibility index (Phi) is 5.76. The van der Waals surface area contributed by atoms with Crippen molar-refractivity contribution in [2.45, 2.75) is 39.0 Å². The van der Waals surface area contributed by atoms with Gasteiger partial charge in [0.15, 0.2) is 0 Å². The van der Waals surface area contributed by atoms with Gasteiger partial charge >= 0.3 is 0 Å². The molecule has 0 radical (unpaired) electrons. The summed E-state index contributed by atoms with van der Waals surface area (Å²) in [4.78, 5) is 0. The van der Waals surface area contributed by atoms with Crippen molar-refractivity contribution in [2.24, 2.45) is 5.92 Å². The van der Waals surface area contributed by atoms with Crippen molar-refractivity contribution >= 4 is 6.21 Å². The summed E-state index contributed by atoms with van der Waals surface area (Å²) in [5, 5.41) is 7.42. The fraction of sp³-hybridized carbons (Fsp3) is 0.500. The molecule has 1 heteroatoms. The normalized spacial score (nSPS) is 12.3. The average Bonchev–Trinajstić information content (AvgIpc) is 2.29. The summed E-state index contributed by atoms with van der Waals surface area (Å²) < 4.78 is 0. The second-order valence-electron chi connectivity index (χ2n) is 4.11. The van der Waals surface area contributed by atoms with Gasteiger partial charge in [0, 0.05) is 0 Å². The minimum absolute atomic E-state index is 0.430. The van der Waals surface area contributed by atoms with Crippen LogP contribution in [0.3, 0.4) is 0 Å². The molecule has 1 rings (SSSR count). The number of hydrogen-bond donors (Lipinski definition) is 1. The molecule has 0 saturated heterocycles. The van der Waals surface area contributed by atoms with Gasteiger partial charge in [0.25, 0.3) is 0 Å². The Hall–Kier alpha value is -1.11. The van der Waals surface area contributed by atoms with Crippen LogP contribution in [0.25, 0.3) is 0 Å². The molecule has 0 aliphatic rings. The van der Waals surface area contributed by atoms with Gasteiger partial charge in [-0.25, -0.2) is 0 Å². The Morgan fingerprint density at radius 2 is 1.93 bits per heavy atom. The number of benzene rings is 1. The predicted octanol–water partition coefficient (Wildman–Crippen LogP) is 4.08. The molecular formula is C14H21N. The summed E-state index contributed by atoms with van der Waals surface area (Å²) in [5.74, 6) is 0.430. The molecule has 0 heterocycles. The van der Waals surface area contributed by atoms with E-state index in [9.17, 15) is 0 Å². The van der Waals surface area contributed by atoms with Crippen molar-refractivity contribution < 1.29 is 0 Å². The Bertz CT molecular complexity index is 266. The van der Waals surface area contributed by atoms with Gasteiger partial charge in [-0.15, -0.1) is 0 Å². The maximum absolute atomic E-state index is 7.42. The number of nitrogens with one attached hydrogen (secondary N) is 1. The standard InChI is InChI=1S/C14H21N/c1-2-3-5-10-14(12-15)11-13-8-6-4-7-9-13/h4,6-9,12,14-15H,2-3,5,10-11H2,1H3. The van der Waals surface area contributed by atoms with E-state index in [0.29, 0.717) is 5.92 Å². The molecule has 1 unspecified atom stereocenters. The molecule has 1 aromatic carbocycles. The number of unbranched alkanes of at least 4 members (excludes halogenated alkanes) is 2. The van der Waals surface area contributed by atoms with E-state index in [1.165, 1.54) is 24.8 Å². The molecule has 0 bridgehead atoms. The molecule has 0 saturated carbocycles. The first-order valence-corrected chi connectivity index (χ1v) is 5.91. The van der Waals surface area contributed by atoms with Gasteiger partial charge < -0.3 is 5.41 Å². The van der Waals surface area contributed by atoms with Crippen molar-refractivity contribution in [1.82, 2.24) is 0 Å². The Balaban J connectivity index is 2.37. The number of rotatable bonds is 7.